The van der Waals surface area contributed by atoms with Crippen LogP contribution in [0.25, 0.3) is 0 Å². The van der Waals surface area contributed by atoms with Crippen molar-refractivity contribution < 1.29 is 14.0 Å². The third-order valence-electron chi connectivity index (χ3n) is 4.47. The predicted molar refractivity (Wildman–Crippen MR) is 102 cm³/mol. The molecule has 0 atom stereocenters. The minimum Gasteiger partial charge on any atom is -0.459 e. The molecule has 140 valence electrons. The number of Topliss-reactive ketones (excluding diaryl/α,β-unsaturated/α-hetero) is 1. The molecule has 0 saturated carbocycles. The molecule has 1 aromatic rings. The number of furan rings is 1. The van der Waals surface area contributed by atoms with Crippen molar-refractivity contribution in [1.82, 2.24) is 9.80 Å². The summed E-state index contributed by atoms with van der Waals surface area (Å²) in [6, 6.07) is 3.41. The molecule has 26 heavy (non-hydrogen) atoms. The zero-order valence-corrected chi connectivity index (χ0v) is 16.0. The molecule has 0 radical (unpaired) electrons. The summed E-state index contributed by atoms with van der Waals surface area (Å²) in [7, 11) is 0. The van der Waals surface area contributed by atoms with Crippen LogP contribution in [0.3, 0.4) is 0 Å². The number of amidine groups is 1. The number of carbonyl (C=O) groups is 2. The number of piperazine rings is 1. The van der Waals surface area contributed by atoms with E-state index in [2.05, 4.69) is 11.8 Å². The number of amides is 1. The Kier molecular flexibility index (Phi) is 6.95. The molecule has 1 aromatic heterocycles. The topological polar surface area (TPSA) is 66.1 Å². The largest absolute Gasteiger partial charge is 0.459 e. The van der Waals surface area contributed by atoms with Crippen LogP contribution in [0.1, 0.15) is 44.7 Å². The lowest BCUT2D eigenvalue weighted by Crippen LogP contribution is -2.50. The second-order valence-electron chi connectivity index (χ2n) is 6.20. The van der Waals surface area contributed by atoms with E-state index in [1.165, 1.54) is 6.26 Å². The number of rotatable bonds is 5. The first-order valence-electron chi connectivity index (χ1n) is 8.97. The normalized spacial score (nSPS) is 16.8. The molecule has 0 spiro atoms. The highest BCUT2D eigenvalue weighted by Crippen LogP contribution is 2.14. The molecule has 0 aromatic carbocycles. The van der Waals surface area contributed by atoms with Gasteiger partial charge in [-0.2, -0.15) is 0 Å². The number of aliphatic imine (C=N–C) groups is 1. The molecule has 1 saturated heterocycles. The predicted octanol–water partition coefficient (Wildman–Crippen LogP) is 3.29. The molecule has 1 aliphatic rings. The summed E-state index contributed by atoms with van der Waals surface area (Å²) in [5.41, 5.74) is 1.35. The SMILES string of the molecule is C/C=C\C(N=C(CC)N1CCN(C(=O)c2ccco2)CC1)=C(/C)C(C)=O. The number of hydrogen-bond acceptors (Lipinski definition) is 4. The molecular weight excluding hydrogens is 330 g/mol. The highest BCUT2D eigenvalue weighted by Gasteiger charge is 2.24. The smallest absolute Gasteiger partial charge is 0.289 e. The Balaban J connectivity index is 2.11. The lowest BCUT2D eigenvalue weighted by molar-refractivity contribution is -0.113. The molecule has 2 heterocycles. The standard InChI is InChI=1S/C20H27N3O3/c1-5-8-17(15(3)16(4)24)21-19(6-2)22-10-12-23(13-11-22)20(25)18-9-7-14-26-18/h5,7-9,14H,6,10-13H2,1-4H3/b8-5-,17-15-,21-19?. The summed E-state index contributed by atoms with van der Waals surface area (Å²) in [5.74, 6) is 1.25. The van der Waals surface area contributed by atoms with E-state index in [9.17, 15) is 9.59 Å². The van der Waals surface area contributed by atoms with Gasteiger partial charge in [0.1, 0.15) is 5.84 Å². The van der Waals surface area contributed by atoms with Gasteiger partial charge in [0.25, 0.3) is 5.91 Å². The van der Waals surface area contributed by atoms with Gasteiger partial charge in [-0.05, 0) is 39.0 Å². The molecule has 1 amide bonds. The Bertz CT molecular complexity index is 721. The maximum atomic E-state index is 12.4. The van der Waals surface area contributed by atoms with Gasteiger partial charge in [0.05, 0.1) is 12.0 Å². The van der Waals surface area contributed by atoms with Gasteiger partial charge in [-0.3, -0.25) is 9.59 Å². The van der Waals surface area contributed by atoms with E-state index < -0.39 is 0 Å². The summed E-state index contributed by atoms with van der Waals surface area (Å²) in [6.07, 6.45) is 6.03. The average Bonchev–Trinajstić information content (AvgIpc) is 3.18. The van der Waals surface area contributed by atoms with Crippen molar-refractivity contribution in [3.05, 3.63) is 47.6 Å². The summed E-state index contributed by atoms with van der Waals surface area (Å²) < 4.78 is 5.20. The van der Waals surface area contributed by atoms with E-state index >= 15 is 0 Å². The quantitative estimate of drug-likeness (QED) is 0.351. The lowest BCUT2D eigenvalue weighted by atomic mass is 10.1. The minimum absolute atomic E-state index is 0.0196. The number of hydrogen-bond donors (Lipinski definition) is 0. The maximum absolute atomic E-state index is 12.4. The molecule has 6 nitrogen and oxygen atoms in total. The molecular formula is C20H27N3O3. The van der Waals surface area contributed by atoms with Gasteiger partial charge < -0.3 is 14.2 Å². The van der Waals surface area contributed by atoms with Crippen LogP contribution in [0, 0.1) is 0 Å². The van der Waals surface area contributed by atoms with Crippen molar-refractivity contribution in [2.24, 2.45) is 4.99 Å². The molecule has 2 rings (SSSR count). The summed E-state index contributed by atoms with van der Waals surface area (Å²) >= 11 is 0. The third-order valence-corrected chi connectivity index (χ3v) is 4.47. The Hall–Kier alpha value is -2.63. The molecule has 0 aliphatic carbocycles. The zero-order valence-electron chi connectivity index (χ0n) is 16.0. The first-order chi connectivity index (χ1) is 12.5. The van der Waals surface area contributed by atoms with E-state index in [1.807, 2.05) is 19.1 Å². The van der Waals surface area contributed by atoms with Gasteiger partial charge in [0.2, 0.25) is 0 Å². The number of nitrogens with zero attached hydrogens (tertiary/aromatic N) is 3. The van der Waals surface area contributed by atoms with E-state index in [0.717, 1.165) is 12.3 Å². The van der Waals surface area contributed by atoms with Gasteiger partial charge >= 0.3 is 0 Å². The van der Waals surface area contributed by atoms with Gasteiger partial charge in [-0.25, -0.2) is 4.99 Å². The third kappa shape index (κ3) is 4.71. The fraction of sp³-hybridized carbons (Fsp3) is 0.450. The summed E-state index contributed by atoms with van der Waals surface area (Å²) in [6.45, 7) is 9.97. The molecule has 0 unspecified atom stereocenters. The monoisotopic (exact) mass is 357 g/mol. The number of ketones is 1. The fourth-order valence-corrected chi connectivity index (χ4v) is 2.82. The second kappa shape index (κ2) is 9.17. The van der Waals surface area contributed by atoms with Crippen LogP contribution in [0.4, 0.5) is 0 Å². The maximum Gasteiger partial charge on any atom is 0.289 e. The van der Waals surface area contributed by atoms with E-state index in [-0.39, 0.29) is 11.7 Å². The van der Waals surface area contributed by atoms with Crippen molar-refractivity contribution in [1.29, 1.82) is 0 Å². The van der Waals surface area contributed by atoms with Crippen LogP contribution >= 0.6 is 0 Å². The first kappa shape index (κ1) is 19.7. The second-order valence-corrected chi connectivity index (χ2v) is 6.20. The average molecular weight is 357 g/mol. The Labute approximate surface area is 154 Å². The molecule has 1 aliphatic heterocycles. The first-order valence-corrected chi connectivity index (χ1v) is 8.97. The molecule has 0 bridgehead atoms. The van der Waals surface area contributed by atoms with Crippen LogP contribution in [0.5, 0.6) is 0 Å². The summed E-state index contributed by atoms with van der Waals surface area (Å²) in [5, 5.41) is 0. The van der Waals surface area contributed by atoms with Crippen LogP contribution in [0.2, 0.25) is 0 Å². The van der Waals surface area contributed by atoms with Gasteiger partial charge in [0.15, 0.2) is 11.5 Å². The Morgan fingerprint density at radius 2 is 1.85 bits per heavy atom. The van der Waals surface area contributed by atoms with Crippen molar-refractivity contribution in [2.75, 3.05) is 26.2 Å². The van der Waals surface area contributed by atoms with E-state index in [1.54, 1.807) is 30.9 Å². The minimum atomic E-state index is -0.0773. The van der Waals surface area contributed by atoms with E-state index in [4.69, 9.17) is 9.41 Å². The van der Waals surface area contributed by atoms with Crippen molar-refractivity contribution in [2.45, 2.75) is 34.1 Å². The van der Waals surface area contributed by atoms with Gasteiger partial charge in [0, 0.05) is 38.2 Å². The van der Waals surface area contributed by atoms with Crippen molar-refractivity contribution in [3.63, 3.8) is 0 Å². The van der Waals surface area contributed by atoms with E-state index in [0.29, 0.717) is 43.2 Å². The highest BCUT2D eigenvalue weighted by molar-refractivity contribution is 5.95. The van der Waals surface area contributed by atoms with Crippen LogP contribution in [-0.4, -0.2) is 53.5 Å². The van der Waals surface area contributed by atoms with Crippen molar-refractivity contribution in [3.8, 4) is 0 Å². The molecule has 6 heteroatoms. The van der Waals surface area contributed by atoms with Crippen LogP contribution in [0.15, 0.2) is 51.2 Å². The lowest BCUT2D eigenvalue weighted by Gasteiger charge is -2.36. The Morgan fingerprint density at radius 1 is 1.19 bits per heavy atom. The molecule has 0 N–H and O–H groups in total. The van der Waals surface area contributed by atoms with Crippen molar-refractivity contribution >= 4 is 17.5 Å². The fourth-order valence-electron chi connectivity index (χ4n) is 2.82. The number of allylic oxidation sites excluding steroid dienone is 3. The molecule has 1 fully saturated rings. The highest BCUT2D eigenvalue weighted by atomic mass is 16.3. The Morgan fingerprint density at radius 3 is 2.35 bits per heavy atom. The number of carbonyl (C=O) groups excluding carboxylic acids is 2. The van der Waals surface area contributed by atoms with Crippen LogP contribution in [-0.2, 0) is 4.79 Å². The zero-order chi connectivity index (χ0) is 19.1. The van der Waals surface area contributed by atoms with Gasteiger partial charge in [-0.1, -0.05) is 13.0 Å². The van der Waals surface area contributed by atoms with Crippen LogP contribution < -0.4 is 0 Å². The van der Waals surface area contributed by atoms with Gasteiger partial charge in [-0.15, -0.1) is 0 Å². The summed E-state index contributed by atoms with van der Waals surface area (Å²) in [4.78, 5) is 32.8.